The van der Waals surface area contributed by atoms with Crippen LogP contribution in [-0.4, -0.2) is 47.5 Å². The number of imide groups is 1. The molecule has 2 rings (SSSR count). The number of urea groups is 1. The number of carbonyl (C=O) groups is 3. The van der Waals surface area contributed by atoms with Gasteiger partial charge in [0.15, 0.2) is 0 Å². The van der Waals surface area contributed by atoms with E-state index in [0.29, 0.717) is 17.8 Å². The Morgan fingerprint density at radius 3 is 2.57 bits per heavy atom. The third-order valence-corrected chi connectivity index (χ3v) is 3.01. The summed E-state index contributed by atoms with van der Waals surface area (Å²) in [7, 11) is 0. The summed E-state index contributed by atoms with van der Waals surface area (Å²) in [5.41, 5.74) is 6.15. The smallest absolute Gasteiger partial charge is 0.331 e. The fraction of sp³-hybridized carbons (Fsp3) is 0.308. The van der Waals surface area contributed by atoms with Crippen LogP contribution in [-0.2, 0) is 16.0 Å². The lowest BCUT2D eigenvalue weighted by Crippen LogP contribution is -2.36. The van der Waals surface area contributed by atoms with Crippen LogP contribution in [0, 0.1) is 0 Å². The number of carboxylic acids is 1. The Kier molecular flexibility index (Phi) is 5.69. The summed E-state index contributed by atoms with van der Waals surface area (Å²) >= 11 is 0. The van der Waals surface area contributed by atoms with E-state index in [1.54, 1.807) is 24.3 Å². The summed E-state index contributed by atoms with van der Waals surface area (Å²) in [5.74, 6) is -1.39. The molecule has 0 saturated carbocycles. The molecule has 0 unspecified atom stereocenters. The number of hydrogen-bond donors (Lipinski definition) is 2. The summed E-state index contributed by atoms with van der Waals surface area (Å²) in [4.78, 5) is 37.4. The number of halogens is 1. The van der Waals surface area contributed by atoms with E-state index in [1.165, 1.54) is 4.90 Å². The number of amides is 3. The third kappa shape index (κ3) is 3.50. The summed E-state index contributed by atoms with van der Waals surface area (Å²) in [6.45, 7) is 0.531. The van der Waals surface area contributed by atoms with Crippen molar-refractivity contribution in [3.63, 3.8) is 0 Å². The first-order valence-corrected chi connectivity index (χ1v) is 6.16. The SMILES string of the molecule is Cl.NCCN1CC(=O)N(c2ccccc2CC(=O)O)C1=O. The van der Waals surface area contributed by atoms with E-state index in [0.717, 1.165) is 4.90 Å². The lowest BCUT2D eigenvalue weighted by Gasteiger charge is -2.18. The molecule has 1 aromatic rings. The standard InChI is InChI=1S/C13H15N3O4.ClH/c14-5-6-15-8-11(17)16(13(15)20)10-4-2-1-3-9(10)7-12(18)19;/h1-4H,5-8,14H2,(H,18,19);1H. The quantitative estimate of drug-likeness (QED) is 0.769. The van der Waals surface area contributed by atoms with Crippen molar-refractivity contribution < 1.29 is 19.5 Å². The van der Waals surface area contributed by atoms with Gasteiger partial charge >= 0.3 is 12.0 Å². The van der Waals surface area contributed by atoms with Gasteiger partial charge in [0.05, 0.1) is 12.1 Å². The average Bonchev–Trinajstić information content (AvgIpc) is 2.66. The van der Waals surface area contributed by atoms with E-state index >= 15 is 0 Å². The van der Waals surface area contributed by atoms with Crippen molar-refractivity contribution in [1.82, 2.24) is 4.90 Å². The van der Waals surface area contributed by atoms with Gasteiger partial charge in [0, 0.05) is 13.1 Å². The first-order valence-electron chi connectivity index (χ1n) is 6.16. The highest BCUT2D eigenvalue weighted by atomic mass is 35.5. The normalized spacial score (nSPS) is 14.3. The Morgan fingerprint density at radius 1 is 1.29 bits per heavy atom. The minimum Gasteiger partial charge on any atom is -0.481 e. The van der Waals surface area contributed by atoms with Crippen LogP contribution in [0.2, 0.25) is 0 Å². The maximum Gasteiger partial charge on any atom is 0.331 e. The van der Waals surface area contributed by atoms with Gasteiger partial charge in [-0.05, 0) is 11.6 Å². The van der Waals surface area contributed by atoms with E-state index < -0.39 is 12.0 Å². The Morgan fingerprint density at radius 2 is 1.95 bits per heavy atom. The zero-order valence-corrected chi connectivity index (χ0v) is 12.0. The molecule has 1 saturated heterocycles. The number of benzene rings is 1. The molecule has 3 amide bonds. The van der Waals surface area contributed by atoms with Gasteiger partial charge in [-0.1, -0.05) is 18.2 Å². The molecule has 0 atom stereocenters. The molecular formula is C13H16ClN3O4. The van der Waals surface area contributed by atoms with Crippen molar-refractivity contribution in [2.24, 2.45) is 5.73 Å². The lowest BCUT2D eigenvalue weighted by atomic mass is 10.1. The van der Waals surface area contributed by atoms with Crippen LogP contribution >= 0.6 is 12.4 Å². The van der Waals surface area contributed by atoms with Gasteiger partial charge < -0.3 is 15.7 Å². The minimum atomic E-state index is -1.02. The predicted octanol–water partition coefficient (Wildman–Crippen LogP) is 0.463. The maximum absolute atomic E-state index is 12.2. The summed E-state index contributed by atoms with van der Waals surface area (Å²) in [6.07, 6.45) is -0.246. The Hall–Kier alpha value is -2.12. The maximum atomic E-state index is 12.2. The molecule has 8 heteroatoms. The third-order valence-electron chi connectivity index (χ3n) is 3.01. The zero-order valence-electron chi connectivity index (χ0n) is 11.2. The first-order chi connectivity index (χ1) is 9.54. The van der Waals surface area contributed by atoms with Crippen LogP contribution in [0.4, 0.5) is 10.5 Å². The molecule has 0 radical (unpaired) electrons. The first kappa shape index (κ1) is 16.9. The van der Waals surface area contributed by atoms with Gasteiger partial charge in [-0.3, -0.25) is 9.59 Å². The molecule has 1 fully saturated rings. The van der Waals surface area contributed by atoms with Crippen LogP contribution in [0.3, 0.4) is 0 Å². The van der Waals surface area contributed by atoms with Crippen molar-refractivity contribution in [1.29, 1.82) is 0 Å². The van der Waals surface area contributed by atoms with Crippen molar-refractivity contribution in [2.45, 2.75) is 6.42 Å². The van der Waals surface area contributed by atoms with Crippen LogP contribution in [0.15, 0.2) is 24.3 Å². The molecule has 21 heavy (non-hydrogen) atoms. The molecule has 0 aliphatic carbocycles. The van der Waals surface area contributed by atoms with Gasteiger partial charge in [-0.2, -0.15) is 0 Å². The number of carbonyl (C=O) groups excluding carboxylic acids is 2. The highest BCUT2D eigenvalue weighted by molar-refractivity contribution is 6.20. The summed E-state index contributed by atoms with van der Waals surface area (Å²) in [6, 6.07) is 6.03. The average molecular weight is 314 g/mol. The number of carboxylic acid groups (broad SMARTS) is 1. The van der Waals surface area contributed by atoms with Crippen LogP contribution in [0.5, 0.6) is 0 Å². The number of para-hydroxylation sites is 1. The summed E-state index contributed by atoms with van der Waals surface area (Å²) < 4.78 is 0. The second-order valence-corrected chi connectivity index (χ2v) is 4.42. The fourth-order valence-corrected chi connectivity index (χ4v) is 2.16. The number of rotatable bonds is 5. The van der Waals surface area contributed by atoms with Crippen molar-refractivity contribution in [3.8, 4) is 0 Å². The number of anilines is 1. The highest BCUT2D eigenvalue weighted by Crippen LogP contribution is 2.25. The van der Waals surface area contributed by atoms with Crippen LogP contribution in [0.25, 0.3) is 0 Å². The second kappa shape index (κ2) is 7.05. The van der Waals surface area contributed by atoms with E-state index in [4.69, 9.17) is 10.8 Å². The zero-order chi connectivity index (χ0) is 14.7. The monoisotopic (exact) mass is 313 g/mol. The van der Waals surface area contributed by atoms with Crippen molar-refractivity contribution in [3.05, 3.63) is 29.8 Å². The number of nitrogens with zero attached hydrogens (tertiary/aromatic N) is 2. The molecule has 114 valence electrons. The molecule has 0 aromatic heterocycles. The number of nitrogens with two attached hydrogens (primary N) is 1. The van der Waals surface area contributed by atoms with Gasteiger partial charge in [-0.25, -0.2) is 9.69 Å². The van der Waals surface area contributed by atoms with E-state index in [-0.39, 0.29) is 37.8 Å². The van der Waals surface area contributed by atoms with E-state index in [2.05, 4.69) is 0 Å². The largest absolute Gasteiger partial charge is 0.481 e. The van der Waals surface area contributed by atoms with E-state index in [9.17, 15) is 14.4 Å². The lowest BCUT2D eigenvalue weighted by molar-refractivity contribution is -0.136. The molecule has 1 aromatic carbocycles. The molecule has 0 spiro atoms. The number of hydrogen-bond acceptors (Lipinski definition) is 4. The topological polar surface area (TPSA) is 104 Å². The number of aliphatic carboxylic acids is 1. The predicted molar refractivity (Wildman–Crippen MR) is 78.5 cm³/mol. The Balaban J connectivity index is 0.00000220. The van der Waals surface area contributed by atoms with Crippen LogP contribution in [0.1, 0.15) is 5.56 Å². The molecule has 7 nitrogen and oxygen atoms in total. The van der Waals surface area contributed by atoms with Crippen molar-refractivity contribution >= 4 is 36.0 Å². The summed E-state index contributed by atoms with van der Waals surface area (Å²) in [5, 5.41) is 8.89. The Labute approximate surface area is 127 Å². The van der Waals surface area contributed by atoms with Gasteiger partial charge in [0.25, 0.3) is 5.91 Å². The molecule has 0 bridgehead atoms. The van der Waals surface area contributed by atoms with Gasteiger partial charge in [0.2, 0.25) is 0 Å². The molecule has 3 N–H and O–H groups in total. The van der Waals surface area contributed by atoms with Gasteiger partial charge in [-0.15, -0.1) is 12.4 Å². The Bertz CT molecular complexity index is 564. The van der Waals surface area contributed by atoms with E-state index in [1.807, 2.05) is 0 Å². The second-order valence-electron chi connectivity index (χ2n) is 4.42. The highest BCUT2D eigenvalue weighted by Gasteiger charge is 2.37. The van der Waals surface area contributed by atoms with Crippen LogP contribution < -0.4 is 10.6 Å². The molecule has 1 heterocycles. The van der Waals surface area contributed by atoms with Gasteiger partial charge in [0.1, 0.15) is 6.54 Å². The molecular weight excluding hydrogens is 298 g/mol. The molecule has 1 aliphatic rings. The minimum absolute atomic E-state index is 0. The fourth-order valence-electron chi connectivity index (χ4n) is 2.16. The van der Waals surface area contributed by atoms with Crippen molar-refractivity contribution in [2.75, 3.05) is 24.5 Å². The molecule has 1 aliphatic heterocycles.